The Morgan fingerprint density at radius 1 is 1.19 bits per heavy atom. The first-order valence-electron chi connectivity index (χ1n) is 8.74. The van der Waals surface area contributed by atoms with E-state index < -0.39 is 0 Å². The lowest BCUT2D eigenvalue weighted by atomic mass is 10.2. The van der Waals surface area contributed by atoms with Crippen LogP contribution in [0.3, 0.4) is 0 Å². The highest BCUT2D eigenvalue weighted by Crippen LogP contribution is 2.17. The summed E-state index contributed by atoms with van der Waals surface area (Å²) in [4.78, 5) is 13.7. The van der Waals surface area contributed by atoms with Crippen LogP contribution in [0.1, 0.15) is 26.2 Å². The fourth-order valence-corrected chi connectivity index (χ4v) is 2.76. The molecule has 2 heterocycles. The van der Waals surface area contributed by atoms with Crippen molar-refractivity contribution in [3.05, 3.63) is 54.6 Å². The SMILES string of the molecule is CCC[NH+](Cc1nnc(-c2ccco2)o1)[C@H](C)C(=O)Nc1ccccc1. The molecule has 26 heavy (non-hydrogen) atoms. The lowest BCUT2D eigenvalue weighted by Crippen LogP contribution is -3.15. The van der Waals surface area contributed by atoms with Crippen molar-refractivity contribution in [2.24, 2.45) is 0 Å². The summed E-state index contributed by atoms with van der Waals surface area (Å²) in [7, 11) is 0. The number of aromatic nitrogens is 2. The molecule has 1 unspecified atom stereocenters. The largest absolute Gasteiger partial charge is 0.459 e. The summed E-state index contributed by atoms with van der Waals surface area (Å²) in [6.07, 6.45) is 2.50. The minimum atomic E-state index is -0.255. The highest BCUT2D eigenvalue weighted by molar-refractivity contribution is 5.93. The third-order valence-corrected chi connectivity index (χ3v) is 4.20. The summed E-state index contributed by atoms with van der Waals surface area (Å²) in [5, 5.41) is 11.1. The lowest BCUT2D eigenvalue weighted by molar-refractivity contribution is -0.928. The number of quaternary nitrogens is 1. The summed E-state index contributed by atoms with van der Waals surface area (Å²) in [6, 6.07) is 12.7. The number of hydrogen-bond donors (Lipinski definition) is 2. The third kappa shape index (κ3) is 4.37. The minimum Gasteiger partial charge on any atom is -0.459 e. The van der Waals surface area contributed by atoms with Crippen LogP contribution in [0.5, 0.6) is 0 Å². The number of benzene rings is 1. The zero-order chi connectivity index (χ0) is 18.4. The van der Waals surface area contributed by atoms with Crippen LogP contribution in [0.4, 0.5) is 5.69 Å². The smallest absolute Gasteiger partial charge is 0.283 e. The molecule has 0 aliphatic rings. The number of furan rings is 1. The van der Waals surface area contributed by atoms with Crippen molar-refractivity contribution in [3.8, 4) is 11.7 Å². The Hall–Kier alpha value is -2.93. The Labute approximate surface area is 152 Å². The van der Waals surface area contributed by atoms with E-state index in [0.29, 0.717) is 24.1 Å². The molecule has 0 aliphatic heterocycles. The predicted molar refractivity (Wildman–Crippen MR) is 96.4 cm³/mol. The molecule has 0 saturated heterocycles. The Morgan fingerprint density at radius 3 is 2.69 bits per heavy atom. The van der Waals surface area contributed by atoms with Gasteiger partial charge in [-0.15, -0.1) is 10.2 Å². The van der Waals surface area contributed by atoms with E-state index in [1.54, 1.807) is 18.4 Å². The molecule has 136 valence electrons. The van der Waals surface area contributed by atoms with E-state index in [4.69, 9.17) is 8.83 Å². The Bertz CT molecular complexity index is 814. The molecule has 3 rings (SSSR count). The maximum absolute atomic E-state index is 12.6. The van der Waals surface area contributed by atoms with Crippen LogP contribution < -0.4 is 10.2 Å². The van der Waals surface area contributed by atoms with Gasteiger partial charge in [-0.2, -0.15) is 0 Å². The fourth-order valence-electron chi connectivity index (χ4n) is 2.76. The van der Waals surface area contributed by atoms with E-state index in [-0.39, 0.29) is 11.9 Å². The van der Waals surface area contributed by atoms with Gasteiger partial charge in [-0.3, -0.25) is 4.79 Å². The van der Waals surface area contributed by atoms with Crippen molar-refractivity contribution in [1.29, 1.82) is 0 Å². The number of nitrogens with one attached hydrogen (secondary N) is 2. The van der Waals surface area contributed by atoms with Crippen molar-refractivity contribution in [1.82, 2.24) is 10.2 Å². The number of carbonyl (C=O) groups excluding carboxylic acids is 1. The molecular weight excluding hydrogens is 332 g/mol. The molecule has 0 spiro atoms. The van der Waals surface area contributed by atoms with E-state index in [2.05, 4.69) is 22.4 Å². The monoisotopic (exact) mass is 355 g/mol. The number of rotatable bonds is 8. The van der Waals surface area contributed by atoms with Crippen molar-refractivity contribution in [2.75, 3.05) is 11.9 Å². The maximum atomic E-state index is 12.6. The highest BCUT2D eigenvalue weighted by atomic mass is 16.4. The van der Waals surface area contributed by atoms with Crippen LogP contribution in [0.15, 0.2) is 57.6 Å². The second-order valence-electron chi connectivity index (χ2n) is 6.14. The number of amides is 1. The Kier molecular flexibility index (Phi) is 5.80. The lowest BCUT2D eigenvalue weighted by Gasteiger charge is -2.23. The van der Waals surface area contributed by atoms with Gasteiger partial charge in [0.05, 0.1) is 12.8 Å². The molecule has 7 heteroatoms. The van der Waals surface area contributed by atoms with Gasteiger partial charge in [-0.05, 0) is 37.6 Å². The highest BCUT2D eigenvalue weighted by Gasteiger charge is 2.27. The van der Waals surface area contributed by atoms with Gasteiger partial charge in [0.25, 0.3) is 17.7 Å². The molecule has 0 fully saturated rings. The van der Waals surface area contributed by atoms with E-state index >= 15 is 0 Å². The number of carbonyl (C=O) groups is 1. The second kappa shape index (κ2) is 8.44. The minimum absolute atomic E-state index is 0.0366. The Morgan fingerprint density at radius 2 is 2.00 bits per heavy atom. The van der Waals surface area contributed by atoms with Gasteiger partial charge in [0.1, 0.15) is 0 Å². The molecule has 7 nitrogen and oxygen atoms in total. The number of nitrogens with zero attached hydrogens (tertiary/aromatic N) is 2. The topological polar surface area (TPSA) is 85.6 Å². The van der Waals surface area contributed by atoms with E-state index in [1.165, 1.54) is 0 Å². The zero-order valence-corrected chi connectivity index (χ0v) is 14.9. The fraction of sp³-hybridized carbons (Fsp3) is 0.316. The standard InChI is InChI=1S/C19H22N4O3/c1-3-11-23(14(2)18(24)20-15-8-5-4-6-9-15)13-17-21-22-19(26-17)16-10-7-12-25-16/h4-10,12,14H,3,11,13H2,1-2H3,(H,20,24)/p+1/t14-/m1/s1. The molecule has 2 atom stereocenters. The first-order valence-corrected chi connectivity index (χ1v) is 8.74. The molecular formula is C19H23N4O3+. The van der Waals surface area contributed by atoms with E-state index in [0.717, 1.165) is 23.6 Å². The molecule has 0 saturated carbocycles. The zero-order valence-electron chi connectivity index (χ0n) is 14.9. The molecule has 2 aromatic heterocycles. The van der Waals surface area contributed by atoms with Crippen LogP contribution in [0, 0.1) is 0 Å². The van der Waals surface area contributed by atoms with Crippen molar-refractivity contribution in [3.63, 3.8) is 0 Å². The molecule has 0 radical (unpaired) electrons. The van der Waals surface area contributed by atoms with Crippen LogP contribution in [-0.2, 0) is 11.3 Å². The van der Waals surface area contributed by atoms with Gasteiger partial charge < -0.3 is 19.1 Å². The van der Waals surface area contributed by atoms with Gasteiger partial charge in [-0.1, -0.05) is 25.1 Å². The molecule has 2 N–H and O–H groups in total. The first-order chi connectivity index (χ1) is 12.7. The second-order valence-corrected chi connectivity index (χ2v) is 6.14. The van der Waals surface area contributed by atoms with Gasteiger partial charge in [0, 0.05) is 5.69 Å². The van der Waals surface area contributed by atoms with Crippen molar-refractivity contribution in [2.45, 2.75) is 32.9 Å². The molecule has 3 aromatic rings. The Balaban J connectivity index is 1.67. The summed E-state index contributed by atoms with van der Waals surface area (Å²) in [6.45, 7) is 5.30. The summed E-state index contributed by atoms with van der Waals surface area (Å²) in [5.74, 6) is 1.34. The summed E-state index contributed by atoms with van der Waals surface area (Å²) in [5.41, 5.74) is 0.790. The van der Waals surface area contributed by atoms with E-state index in [1.807, 2.05) is 37.3 Å². The maximum Gasteiger partial charge on any atom is 0.283 e. The number of para-hydroxylation sites is 1. The summed E-state index contributed by atoms with van der Waals surface area (Å²) >= 11 is 0. The van der Waals surface area contributed by atoms with Crippen LogP contribution in [0.25, 0.3) is 11.7 Å². The van der Waals surface area contributed by atoms with Crippen molar-refractivity contribution < 1.29 is 18.5 Å². The van der Waals surface area contributed by atoms with Gasteiger partial charge in [-0.25, -0.2) is 0 Å². The molecule has 0 aliphatic carbocycles. The van der Waals surface area contributed by atoms with Crippen molar-refractivity contribution >= 4 is 11.6 Å². The quantitative estimate of drug-likeness (QED) is 0.647. The van der Waals surface area contributed by atoms with Crippen LogP contribution >= 0.6 is 0 Å². The first kappa shape index (κ1) is 17.9. The predicted octanol–water partition coefficient (Wildman–Crippen LogP) is 2.15. The molecule has 0 bridgehead atoms. The summed E-state index contributed by atoms with van der Waals surface area (Å²) < 4.78 is 11.0. The normalized spacial score (nSPS) is 13.3. The molecule has 1 aromatic carbocycles. The van der Waals surface area contributed by atoms with Gasteiger partial charge in [0.15, 0.2) is 18.3 Å². The third-order valence-electron chi connectivity index (χ3n) is 4.20. The van der Waals surface area contributed by atoms with Crippen LogP contribution in [-0.4, -0.2) is 28.7 Å². The number of anilines is 1. The van der Waals surface area contributed by atoms with Crippen LogP contribution in [0.2, 0.25) is 0 Å². The van der Waals surface area contributed by atoms with E-state index in [9.17, 15) is 4.79 Å². The number of hydrogen-bond acceptors (Lipinski definition) is 5. The van der Waals surface area contributed by atoms with Gasteiger partial charge >= 0.3 is 0 Å². The average Bonchev–Trinajstić information content (AvgIpc) is 3.33. The van der Waals surface area contributed by atoms with Gasteiger partial charge in [0.2, 0.25) is 0 Å². The molecule has 1 amide bonds. The average molecular weight is 355 g/mol.